The molecule has 7 heteroatoms. The highest BCUT2D eigenvalue weighted by molar-refractivity contribution is 7.93. The van der Waals surface area contributed by atoms with Crippen molar-refractivity contribution in [3.05, 3.63) is 40.9 Å². The van der Waals surface area contributed by atoms with Gasteiger partial charge in [0.05, 0.1) is 29.2 Å². The van der Waals surface area contributed by atoms with Gasteiger partial charge in [0.25, 0.3) is 0 Å². The smallest absolute Gasteiger partial charge is 0.239 e. The molecule has 1 heterocycles. The van der Waals surface area contributed by atoms with E-state index in [1.807, 2.05) is 12.1 Å². The standard InChI is InChI=1S/C18H24ClNO4S/c1-17(2,3)13-4-5-16(15(19)12-13)20-25(21,22)14-6-8-18(9-7-14)23-10-11-24-18/h4-6,8,12,14,20H,7,9-11H2,1-3H3. The summed E-state index contributed by atoms with van der Waals surface area (Å²) < 4.78 is 39.2. The molecule has 0 aromatic heterocycles. The second-order valence-electron chi connectivity index (χ2n) is 7.54. The first kappa shape index (κ1) is 18.7. The molecule has 1 saturated heterocycles. The Hall–Kier alpha value is -1.08. The van der Waals surface area contributed by atoms with Gasteiger partial charge in [-0.25, -0.2) is 8.42 Å². The van der Waals surface area contributed by atoms with Crippen LogP contribution in [0.15, 0.2) is 30.4 Å². The fourth-order valence-electron chi connectivity index (χ4n) is 3.04. The Morgan fingerprint density at radius 1 is 1.24 bits per heavy atom. The largest absolute Gasteiger partial charge is 0.344 e. The maximum atomic E-state index is 12.7. The third kappa shape index (κ3) is 4.03. The molecule has 138 valence electrons. The lowest BCUT2D eigenvalue weighted by Crippen LogP contribution is -2.36. The number of hydrogen-bond donors (Lipinski definition) is 1. The van der Waals surface area contributed by atoms with Crippen molar-refractivity contribution in [1.82, 2.24) is 0 Å². The van der Waals surface area contributed by atoms with E-state index in [-0.39, 0.29) is 5.41 Å². The molecule has 1 unspecified atom stereocenters. The minimum atomic E-state index is -3.59. The van der Waals surface area contributed by atoms with Crippen LogP contribution in [0.2, 0.25) is 5.02 Å². The Morgan fingerprint density at radius 2 is 1.92 bits per heavy atom. The van der Waals surface area contributed by atoms with Gasteiger partial charge in [-0.3, -0.25) is 4.72 Å². The van der Waals surface area contributed by atoms with Crippen molar-refractivity contribution >= 4 is 27.3 Å². The van der Waals surface area contributed by atoms with Gasteiger partial charge in [0, 0.05) is 6.42 Å². The molecule has 1 aliphatic carbocycles. The number of halogens is 1. The second kappa shape index (κ2) is 6.58. The van der Waals surface area contributed by atoms with Crippen molar-refractivity contribution in [3.8, 4) is 0 Å². The third-order valence-electron chi connectivity index (χ3n) is 4.60. The van der Waals surface area contributed by atoms with Gasteiger partial charge in [-0.1, -0.05) is 44.5 Å². The van der Waals surface area contributed by atoms with E-state index < -0.39 is 21.1 Å². The van der Waals surface area contributed by atoms with Gasteiger partial charge >= 0.3 is 0 Å². The number of benzene rings is 1. The molecule has 0 saturated carbocycles. The molecular formula is C18H24ClNO4S. The van der Waals surface area contributed by atoms with Gasteiger partial charge in [0.2, 0.25) is 10.0 Å². The molecule has 25 heavy (non-hydrogen) atoms. The zero-order valence-electron chi connectivity index (χ0n) is 14.7. The van der Waals surface area contributed by atoms with Crippen molar-refractivity contribution in [1.29, 1.82) is 0 Å². The van der Waals surface area contributed by atoms with Gasteiger partial charge in [-0.15, -0.1) is 0 Å². The molecule has 1 fully saturated rings. The van der Waals surface area contributed by atoms with Crippen LogP contribution in [0.5, 0.6) is 0 Å². The summed E-state index contributed by atoms with van der Waals surface area (Å²) in [6, 6.07) is 5.43. The van der Waals surface area contributed by atoms with Crippen molar-refractivity contribution in [2.24, 2.45) is 0 Å². The van der Waals surface area contributed by atoms with Gasteiger partial charge in [0.15, 0.2) is 5.79 Å². The van der Waals surface area contributed by atoms with Crippen LogP contribution < -0.4 is 4.72 Å². The number of rotatable bonds is 3. The highest BCUT2D eigenvalue weighted by atomic mass is 35.5. The Kier molecular flexibility index (Phi) is 4.92. The predicted molar refractivity (Wildman–Crippen MR) is 99.5 cm³/mol. The summed E-state index contributed by atoms with van der Waals surface area (Å²) >= 11 is 6.29. The number of sulfonamides is 1. The molecular weight excluding hydrogens is 362 g/mol. The molecule has 2 aliphatic rings. The Morgan fingerprint density at radius 3 is 2.44 bits per heavy atom. The molecule has 1 aromatic rings. The first-order valence-corrected chi connectivity index (χ1v) is 10.3. The first-order valence-electron chi connectivity index (χ1n) is 8.40. The maximum absolute atomic E-state index is 12.7. The highest BCUT2D eigenvalue weighted by Gasteiger charge is 2.39. The Labute approximate surface area is 154 Å². The molecule has 1 spiro atoms. The summed E-state index contributed by atoms with van der Waals surface area (Å²) in [5.41, 5.74) is 1.40. The minimum absolute atomic E-state index is 0.0528. The summed E-state index contributed by atoms with van der Waals surface area (Å²) in [4.78, 5) is 0. The molecule has 0 radical (unpaired) electrons. The Bertz CT molecular complexity index is 777. The second-order valence-corrected chi connectivity index (χ2v) is 9.84. The van der Waals surface area contributed by atoms with Crippen LogP contribution in [0.25, 0.3) is 0 Å². The maximum Gasteiger partial charge on any atom is 0.239 e. The van der Waals surface area contributed by atoms with Crippen LogP contribution in [0.4, 0.5) is 5.69 Å². The fraction of sp³-hybridized carbons (Fsp3) is 0.556. The summed E-state index contributed by atoms with van der Waals surface area (Å²) in [6.45, 7) is 7.32. The SMILES string of the molecule is CC(C)(C)c1ccc(NS(=O)(=O)C2C=CC3(CC2)OCCO3)c(Cl)c1. The molecule has 3 rings (SSSR count). The molecule has 1 aromatic carbocycles. The summed E-state index contributed by atoms with van der Waals surface area (Å²) in [5.74, 6) is -0.738. The van der Waals surface area contributed by atoms with E-state index >= 15 is 0 Å². The van der Waals surface area contributed by atoms with E-state index in [4.69, 9.17) is 21.1 Å². The lowest BCUT2D eigenvalue weighted by molar-refractivity contribution is -0.124. The number of nitrogens with one attached hydrogen (secondary N) is 1. The topological polar surface area (TPSA) is 64.6 Å². The average molecular weight is 386 g/mol. The Balaban J connectivity index is 1.76. The van der Waals surface area contributed by atoms with Crippen LogP contribution in [0, 0.1) is 0 Å². The minimum Gasteiger partial charge on any atom is -0.344 e. The van der Waals surface area contributed by atoms with Gasteiger partial charge < -0.3 is 9.47 Å². The monoisotopic (exact) mass is 385 g/mol. The molecule has 0 bridgehead atoms. The summed E-state index contributed by atoms with van der Waals surface area (Å²) in [6.07, 6.45) is 4.32. The number of ether oxygens (including phenoxy) is 2. The third-order valence-corrected chi connectivity index (χ3v) is 6.61. The van der Waals surface area contributed by atoms with E-state index in [2.05, 4.69) is 25.5 Å². The quantitative estimate of drug-likeness (QED) is 0.803. The van der Waals surface area contributed by atoms with E-state index in [1.54, 1.807) is 18.2 Å². The lowest BCUT2D eigenvalue weighted by Gasteiger charge is -2.30. The van der Waals surface area contributed by atoms with Crippen molar-refractivity contribution in [2.45, 2.75) is 50.1 Å². The summed E-state index contributed by atoms with van der Waals surface area (Å²) in [5, 5.41) is -0.237. The zero-order valence-corrected chi connectivity index (χ0v) is 16.3. The normalized spacial score (nSPS) is 23.1. The van der Waals surface area contributed by atoms with Crippen LogP contribution in [0.1, 0.15) is 39.2 Å². The fourth-order valence-corrected chi connectivity index (χ4v) is 4.67. The van der Waals surface area contributed by atoms with Gasteiger partial charge in [-0.2, -0.15) is 0 Å². The van der Waals surface area contributed by atoms with Crippen LogP contribution in [-0.2, 0) is 24.9 Å². The lowest BCUT2D eigenvalue weighted by atomic mass is 9.87. The van der Waals surface area contributed by atoms with E-state index in [9.17, 15) is 8.42 Å². The molecule has 1 N–H and O–H groups in total. The molecule has 1 atom stereocenters. The molecule has 5 nitrogen and oxygen atoms in total. The molecule has 0 amide bonds. The van der Waals surface area contributed by atoms with Crippen molar-refractivity contribution in [3.63, 3.8) is 0 Å². The van der Waals surface area contributed by atoms with Crippen LogP contribution >= 0.6 is 11.6 Å². The van der Waals surface area contributed by atoms with Gasteiger partial charge in [0.1, 0.15) is 0 Å². The van der Waals surface area contributed by atoms with Crippen LogP contribution in [0.3, 0.4) is 0 Å². The van der Waals surface area contributed by atoms with Gasteiger partial charge in [-0.05, 0) is 35.6 Å². The predicted octanol–water partition coefficient (Wildman–Crippen LogP) is 3.84. The summed E-state index contributed by atoms with van der Waals surface area (Å²) in [7, 11) is -3.59. The van der Waals surface area contributed by atoms with E-state index in [0.717, 1.165) is 5.56 Å². The van der Waals surface area contributed by atoms with E-state index in [1.165, 1.54) is 0 Å². The molecule has 1 aliphatic heterocycles. The van der Waals surface area contributed by atoms with Crippen molar-refractivity contribution in [2.75, 3.05) is 17.9 Å². The van der Waals surface area contributed by atoms with E-state index in [0.29, 0.717) is 36.8 Å². The number of hydrogen-bond acceptors (Lipinski definition) is 4. The first-order chi connectivity index (χ1) is 11.6. The zero-order chi connectivity index (χ0) is 18.3. The number of anilines is 1. The van der Waals surface area contributed by atoms with Crippen molar-refractivity contribution < 1.29 is 17.9 Å². The average Bonchev–Trinajstić information content (AvgIpc) is 2.96. The van der Waals surface area contributed by atoms with Crippen LogP contribution in [-0.4, -0.2) is 32.7 Å². The highest BCUT2D eigenvalue weighted by Crippen LogP contribution is 2.35.